The lowest BCUT2D eigenvalue weighted by atomic mass is 9.78. The third-order valence-corrected chi connectivity index (χ3v) is 4.56. The van der Waals surface area contributed by atoms with E-state index in [1.807, 2.05) is 46.8 Å². The van der Waals surface area contributed by atoms with Crippen molar-refractivity contribution in [1.29, 1.82) is 0 Å². The molecule has 1 aromatic rings. The zero-order chi connectivity index (χ0) is 15.2. The molecule has 1 aliphatic rings. The summed E-state index contributed by atoms with van der Waals surface area (Å²) in [6.07, 6.45) is 0.270. The number of carbonyl (C=O) groups is 2. The van der Waals surface area contributed by atoms with Crippen LogP contribution in [-0.4, -0.2) is 11.8 Å². The Morgan fingerprint density at radius 2 is 1.80 bits per heavy atom. The summed E-state index contributed by atoms with van der Waals surface area (Å²) in [6.45, 7) is 9.59. The fourth-order valence-electron chi connectivity index (χ4n) is 2.60. The van der Waals surface area contributed by atoms with Crippen molar-refractivity contribution in [2.75, 3.05) is 10.6 Å². The van der Waals surface area contributed by atoms with Crippen LogP contribution in [0.2, 0.25) is 0 Å². The fourth-order valence-corrected chi connectivity index (χ4v) is 2.60. The van der Waals surface area contributed by atoms with Gasteiger partial charge in [-0.05, 0) is 49.9 Å². The lowest BCUT2D eigenvalue weighted by molar-refractivity contribution is -0.126. The summed E-state index contributed by atoms with van der Waals surface area (Å²) in [5.41, 5.74) is 8.33. The van der Waals surface area contributed by atoms with E-state index in [1.165, 1.54) is 4.90 Å². The number of carbonyl (C=O) groups excluding carboxylic acids is 2. The highest BCUT2D eigenvalue weighted by Gasteiger charge is 2.50. The lowest BCUT2D eigenvalue weighted by Crippen LogP contribution is -2.37. The van der Waals surface area contributed by atoms with E-state index in [0.29, 0.717) is 11.4 Å². The van der Waals surface area contributed by atoms with Gasteiger partial charge in [0.25, 0.3) is 0 Å². The second-order valence-electron chi connectivity index (χ2n) is 6.28. The van der Waals surface area contributed by atoms with E-state index in [4.69, 9.17) is 5.73 Å². The molecule has 1 atom stereocenters. The van der Waals surface area contributed by atoms with Gasteiger partial charge < -0.3 is 5.73 Å². The van der Waals surface area contributed by atoms with Crippen LogP contribution in [0.5, 0.6) is 0 Å². The normalized spacial score (nSPS) is 23.0. The average Bonchev–Trinajstić information content (AvgIpc) is 2.57. The standard InChI is InChI=1S/C16H22N2O2/c1-9(2)16(5)8-14(19)18(15(16)20)13-7-10(3)12(17)6-11(13)4/h6-7,9H,8,17H2,1-5H3. The maximum atomic E-state index is 12.7. The van der Waals surface area contributed by atoms with Crippen molar-refractivity contribution in [2.45, 2.75) is 41.0 Å². The summed E-state index contributed by atoms with van der Waals surface area (Å²) in [7, 11) is 0. The van der Waals surface area contributed by atoms with E-state index >= 15 is 0 Å². The van der Waals surface area contributed by atoms with Gasteiger partial charge in [0, 0.05) is 12.1 Å². The minimum absolute atomic E-state index is 0.107. The minimum Gasteiger partial charge on any atom is -0.399 e. The first-order valence-electron chi connectivity index (χ1n) is 6.92. The summed E-state index contributed by atoms with van der Waals surface area (Å²) in [5.74, 6) is -0.109. The zero-order valence-electron chi connectivity index (χ0n) is 12.8. The summed E-state index contributed by atoms with van der Waals surface area (Å²) in [5, 5.41) is 0. The third-order valence-electron chi connectivity index (χ3n) is 4.56. The molecule has 0 radical (unpaired) electrons. The van der Waals surface area contributed by atoms with Gasteiger partial charge in [-0.15, -0.1) is 0 Å². The van der Waals surface area contributed by atoms with Gasteiger partial charge in [-0.3, -0.25) is 9.59 Å². The molecule has 1 aromatic carbocycles. The van der Waals surface area contributed by atoms with Crippen LogP contribution in [0.1, 0.15) is 38.3 Å². The van der Waals surface area contributed by atoms with Crippen LogP contribution in [0.15, 0.2) is 12.1 Å². The van der Waals surface area contributed by atoms with E-state index in [2.05, 4.69) is 0 Å². The van der Waals surface area contributed by atoms with Gasteiger partial charge in [0.15, 0.2) is 0 Å². The molecule has 2 N–H and O–H groups in total. The summed E-state index contributed by atoms with van der Waals surface area (Å²) >= 11 is 0. The minimum atomic E-state index is -0.612. The van der Waals surface area contributed by atoms with Gasteiger partial charge in [-0.2, -0.15) is 0 Å². The molecule has 2 amide bonds. The Bertz CT molecular complexity index is 592. The topological polar surface area (TPSA) is 63.4 Å². The van der Waals surface area contributed by atoms with Crippen LogP contribution in [0.25, 0.3) is 0 Å². The number of benzene rings is 1. The highest BCUT2D eigenvalue weighted by atomic mass is 16.2. The maximum Gasteiger partial charge on any atom is 0.240 e. The Hall–Kier alpha value is -1.84. The highest BCUT2D eigenvalue weighted by Crippen LogP contribution is 2.42. The highest BCUT2D eigenvalue weighted by molar-refractivity contribution is 6.23. The molecule has 4 heteroatoms. The van der Waals surface area contributed by atoms with Crippen molar-refractivity contribution in [3.8, 4) is 0 Å². The maximum absolute atomic E-state index is 12.7. The largest absolute Gasteiger partial charge is 0.399 e. The predicted octanol–water partition coefficient (Wildman–Crippen LogP) is 2.81. The molecule has 0 aliphatic carbocycles. The van der Waals surface area contributed by atoms with Gasteiger partial charge in [0.2, 0.25) is 11.8 Å². The van der Waals surface area contributed by atoms with Crippen LogP contribution in [0.4, 0.5) is 11.4 Å². The van der Waals surface area contributed by atoms with E-state index in [0.717, 1.165) is 11.1 Å². The molecule has 1 aliphatic heterocycles. The van der Waals surface area contributed by atoms with Crippen molar-refractivity contribution in [3.05, 3.63) is 23.3 Å². The smallest absolute Gasteiger partial charge is 0.240 e. The first kappa shape index (κ1) is 14.6. The van der Waals surface area contributed by atoms with Crippen LogP contribution in [0, 0.1) is 25.2 Å². The van der Waals surface area contributed by atoms with Crippen molar-refractivity contribution in [1.82, 2.24) is 0 Å². The Balaban J connectivity index is 2.52. The fraction of sp³-hybridized carbons (Fsp3) is 0.500. The first-order valence-corrected chi connectivity index (χ1v) is 6.92. The molecule has 4 nitrogen and oxygen atoms in total. The zero-order valence-corrected chi connectivity index (χ0v) is 12.8. The lowest BCUT2D eigenvalue weighted by Gasteiger charge is -2.26. The van der Waals surface area contributed by atoms with Crippen molar-refractivity contribution >= 4 is 23.2 Å². The first-order chi connectivity index (χ1) is 9.18. The van der Waals surface area contributed by atoms with Crippen molar-refractivity contribution < 1.29 is 9.59 Å². The quantitative estimate of drug-likeness (QED) is 0.666. The number of aryl methyl sites for hydroxylation is 2. The van der Waals surface area contributed by atoms with E-state index in [1.54, 1.807) is 0 Å². The van der Waals surface area contributed by atoms with Crippen LogP contribution in [0.3, 0.4) is 0 Å². The van der Waals surface area contributed by atoms with Gasteiger partial charge >= 0.3 is 0 Å². The number of nitrogens with zero attached hydrogens (tertiary/aromatic N) is 1. The van der Waals surface area contributed by atoms with Gasteiger partial charge in [0.1, 0.15) is 0 Å². The van der Waals surface area contributed by atoms with E-state index < -0.39 is 5.41 Å². The summed E-state index contributed by atoms with van der Waals surface area (Å²) < 4.78 is 0. The summed E-state index contributed by atoms with van der Waals surface area (Å²) in [4.78, 5) is 26.4. The number of hydrogen-bond donors (Lipinski definition) is 1. The summed E-state index contributed by atoms with van der Waals surface area (Å²) in [6, 6.07) is 3.64. The number of nitrogen functional groups attached to an aromatic ring is 1. The SMILES string of the molecule is Cc1cc(N2C(=O)CC(C)(C(C)C)C2=O)c(C)cc1N. The Morgan fingerprint density at radius 3 is 2.30 bits per heavy atom. The van der Waals surface area contributed by atoms with Crippen molar-refractivity contribution in [2.24, 2.45) is 11.3 Å². The molecule has 1 unspecified atom stereocenters. The molecule has 1 heterocycles. The molecule has 2 rings (SSSR count). The molecule has 0 bridgehead atoms. The Morgan fingerprint density at radius 1 is 1.20 bits per heavy atom. The molecular weight excluding hydrogens is 252 g/mol. The van der Waals surface area contributed by atoms with Gasteiger partial charge in [0.05, 0.1) is 11.1 Å². The van der Waals surface area contributed by atoms with E-state index in [-0.39, 0.29) is 24.2 Å². The van der Waals surface area contributed by atoms with Crippen LogP contribution < -0.4 is 10.6 Å². The Labute approximate surface area is 119 Å². The number of amides is 2. The second kappa shape index (κ2) is 4.62. The number of anilines is 2. The molecule has 20 heavy (non-hydrogen) atoms. The molecule has 108 valence electrons. The monoisotopic (exact) mass is 274 g/mol. The third kappa shape index (κ3) is 1.99. The van der Waals surface area contributed by atoms with Gasteiger partial charge in [-0.25, -0.2) is 4.90 Å². The molecule has 0 aromatic heterocycles. The second-order valence-corrected chi connectivity index (χ2v) is 6.28. The van der Waals surface area contributed by atoms with Crippen LogP contribution >= 0.6 is 0 Å². The predicted molar refractivity (Wildman–Crippen MR) is 80.4 cm³/mol. The van der Waals surface area contributed by atoms with Crippen LogP contribution in [-0.2, 0) is 9.59 Å². The number of rotatable bonds is 2. The molecule has 0 saturated carbocycles. The molecule has 1 fully saturated rings. The van der Waals surface area contributed by atoms with Crippen molar-refractivity contribution in [3.63, 3.8) is 0 Å². The van der Waals surface area contributed by atoms with E-state index in [9.17, 15) is 9.59 Å². The number of imide groups is 1. The van der Waals surface area contributed by atoms with Gasteiger partial charge in [-0.1, -0.05) is 13.8 Å². The Kier molecular flexibility index (Phi) is 3.36. The molecule has 0 spiro atoms. The molecular formula is C16H22N2O2. The molecule has 1 saturated heterocycles. The number of nitrogens with two attached hydrogens (primary N) is 1. The number of hydrogen-bond acceptors (Lipinski definition) is 3. The average molecular weight is 274 g/mol.